The van der Waals surface area contributed by atoms with Gasteiger partial charge in [0.05, 0.1) is 0 Å². The minimum atomic E-state index is -0.755. The molecule has 2 aliphatic rings. The highest BCUT2D eigenvalue weighted by Gasteiger charge is 2.30. The molecule has 1 saturated heterocycles. The predicted octanol–water partition coefficient (Wildman–Crippen LogP) is 3.13. The number of hydrogen-bond acceptors (Lipinski definition) is 2. The SMILES string of the molecule is Cl.Fc1ccc([C@@H](CC2CC2)N2CCNCC2)cc1F. The zero-order valence-electron chi connectivity index (χ0n) is 11.4. The van der Waals surface area contributed by atoms with Crippen LogP contribution in [-0.2, 0) is 0 Å². The van der Waals surface area contributed by atoms with E-state index >= 15 is 0 Å². The molecule has 0 aromatic heterocycles. The first kappa shape index (κ1) is 15.7. The number of halogens is 3. The maximum Gasteiger partial charge on any atom is 0.159 e. The van der Waals surface area contributed by atoms with Gasteiger partial charge in [0.15, 0.2) is 11.6 Å². The maximum atomic E-state index is 13.5. The average molecular weight is 303 g/mol. The Morgan fingerprint density at radius 2 is 1.85 bits per heavy atom. The predicted molar refractivity (Wildman–Crippen MR) is 78.1 cm³/mol. The van der Waals surface area contributed by atoms with E-state index in [0.29, 0.717) is 0 Å². The summed E-state index contributed by atoms with van der Waals surface area (Å²) in [5.41, 5.74) is 0.924. The molecule has 0 amide bonds. The molecule has 1 atom stereocenters. The van der Waals surface area contributed by atoms with Crippen LogP contribution in [0.25, 0.3) is 0 Å². The van der Waals surface area contributed by atoms with Crippen LogP contribution in [0.1, 0.15) is 30.9 Å². The second-order valence-electron chi connectivity index (χ2n) is 5.65. The Kier molecular flexibility index (Phi) is 5.35. The molecule has 1 heterocycles. The van der Waals surface area contributed by atoms with Gasteiger partial charge in [0, 0.05) is 32.2 Å². The summed E-state index contributed by atoms with van der Waals surface area (Å²) in [6, 6.07) is 4.62. The summed E-state index contributed by atoms with van der Waals surface area (Å²) in [6.07, 6.45) is 3.64. The van der Waals surface area contributed by atoms with Crippen molar-refractivity contribution in [1.29, 1.82) is 0 Å². The smallest absolute Gasteiger partial charge is 0.159 e. The summed E-state index contributed by atoms with van der Waals surface area (Å²) < 4.78 is 26.5. The molecule has 1 aromatic carbocycles. The van der Waals surface area contributed by atoms with Crippen LogP contribution in [0.3, 0.4) is 0 Å². The lowest BCUT2D eigenvalue weighted by Gasteiger charge is -2.35. The van der Waals surface area contributed by atoms with Crippen LogP contribution in [0.15, 0.2) is 18.2 Å². The summed E-state index contributed by atoms with van der Waals surface area (Å²) in [4.78, 5) is 2.40. The third-order valence-electron chi connectivity index (χ3n) is 4.17. The van der Waals surface area contributed by atoms with Crippen LogP contribution in [0, 0.1) is 17.6 Å². The van der Waals surface area contributed by atoms with Gasteiger partial charge in [-0.05, 0) is 30.0 Å². The van der Waals surface area contributed by atoms with Gasteiger partial charge in [-0.15, -0.1) is 12.4 Å². The molecule has 1 aliphatic heterocycles. The molecule has 0 bridgehead atoms. The van der Waals surface area contributed by atoms with Crippen molar-refractivity contribution < 1.29 is 8.78 Å². The van der Waals surface area contributed by atoms with Crippen molar-refractivity contribution in [3.8, 4) is 0 Å². The van der Waals surface area contributed by atoms with Crippen molar-refractivity contribution in [3.63, 3.8) is 0 Å². The molecule has 1 aliphatic carbocycles. The Bertz CT molecular complexity index is 445. The lowest BCUT2D eigenvalue weighted by atomic mass is 9.98. The van der Waals surface area contributed by atoms with E-state index in [1.807, 2.05) is 0 Å². The molecule has 3 rings (SSSR count). The molecule has 112 valence electrons. The maximum absolute atomic E-state index is 13.5. The number of rotatable bonds is 4. The largest absolute Gasteiger partial charge is 0.314 e. The second-order valence-corrected chi connectivity index (χ2v) is 5.65. The topological polar surface area (TPSA) is 15.3 Å². The molecular weight excluding hydrogens is 282 g/mol. The molecule has 1 N–H and O–H groups in total. The van der Waals surface area contributed by atoms with Crippen molar-refractivity contribution in [2.75, 3.05) is 26.2 Å². The quantitative estimate of drug-likeness (QED) is 0.919. The first-order chi connectivity index (χ1) is 9.24. The number of nitrogens with one attached hydrogen (secondary N) is 1. The van der Waals surface area contributed by atoms with E-state index in [0.717, 1.165) is 44.1 Å². The lowest BCUT2D eigenvalue weighted by molar-refractivity contribution is 0.160. The van der Waals surface area contributed by atoms with E-state index in [1.165, 1.54) is 25.0 Å². The number of benzene rings is 1. The average Bonchev–Trinajstić information content (AvgIpc) is 3.24. The normalized spacial score (nSPS) is 21.3. The number of nitrogens with zero attached hydrogens (tertiary/aromatic N) is 1. The van der Waals surface area contributed by atoms with E-state index in [1.54, 1.807) is 6.07 Å². The van der Waals surface area contributed by atoms with E-state index in [2.05, 4.69) is 10.2 Å². The number of hydrogen-bond donors (Lipinski definition) is 1. The molecule has 20 heavy (non-hydrogen) atoms. The summed E-state index contributed by atoms with van der Waals surface area (Å²) in [7, 11) is 0. The minimum absolute atomic E-state index is 0. The lowest BCUT2D eigenvalue weighted by Crippen LogP contribution is -2.45. The van der Waals surface area contributed by atoms with Crippen molar-refractivity contribution in [2.24, 2.45) is 5.92 Å². The highest BCUT2D eigenvalue weighted by Crippen LogP contribution is 2.40. The van der Waals surface area contributed by atoms with Gasteiger partial charge in [-0.2, -0.15) is 0 Å². The fourth-order valence-electron chi connectivity index (χ4n) is 2.88. The van der Waals surface area contributed by atoms with Gasteiger partial charge in [-0.3, -0.25) is 4.90 Å². The molecule has 0 spiro atoms. The van der Waals surface area contributed by atoms with E-state index < -0.39 is 11.6 Å². The summed E-state index contributed by atoms with van der Waals surface area (Å²) >= 11 is 0. The van der Waals surface area contributed by atoms with Gasteiger partial charge in [-0.1, -0.05) is 18.9 Å². The molecule has 2 fully saturated rings. The summed E-state index contributed by atoms with van der Waals surface area (Å²) in [5, 5.41) is 3.33. The molecule has 0 radical (unpaired) electrons. The molecular formula is C15H21ClF2N2. The van der Waals surface area contributed by atoms with E-state index in [9.17, 15) is 8.78 Å². The fourth-order valence-corrected chi connectivity index (χ4v) is 2.88. The Morgan fingerprint density at radius 1 is 1.15 bits per heavy atom. The number of piperazine rings is 1. The van der Waals surface area contributed by atoms with Crippen LogP contribution >= 0.6 is 12.4 Å². The summed E-state index contributed by atoms with van der Waals surface area (Å²) in [5.74, 6) is -0.712. The van der Waals surface area contributed by atoms with Crippen LogP contribution < -0.4 is 5.32 Å². The van der Waals surface area contributed by atoms with Crippen molar-refractivity contribution in [3.05, 3.63) is 35.4 Å². The third kappa shape index (κ3) is 3.68. The molecule has 1 saturated carbocycles. The molecule has 5 heteroatoms. The van der Waals surface area contributed by atoms with Crippen molar-refractivity contribution >= 4 is 12.4 Å². The van der Waals surface area contributed by atoms with E-state index in [-0.39, 0.29) is 18.4 Å². The van der Waals surface area contributed by atoms with Gasteiger partial charge in [0.1, 0.15) is 0 Å². The van der Waals surface area contributed by atoms with Crippen molar-refractivity contribution in [1.82, 2.24) is 10.2 Å². The second kappa shape index (κ2) is 6.83. The molecule has 0 unspecified atom stereocenters. The summed E-state index contributed by atoms with van der Waals surface area (Å²) in [6.45, 7) is 3.92. The standard InChI is InChI=1S/C15H20F2N2.ClH/c16-13-4-3-12(10-14(13)17)15(9-11-1-2-11)19-7-5-18-6-8-19;/h3-4,10-11,15,18H,1-2,5-9H2;1H/t15-;/m1./s1. The fraction of sp³-hybridized carbons (Fsp3) is 0.600. The first-order valence-electron chi connectivity index (χ1n) is 7.14. The van der Waals surface area contributed by atoms with Gasteiger partial charge in [0.2, 0.25) is 0 Å². The van der Waals surface area contributed by atoms with Gasteiger partial charge >= 0.3 is 0 Å². The zero-order chi connectivity index (χ0) is 13.2. The van der Waals surface area contributed by atoms with Crippen LogP contribution in [0.4, 0.5) is 8.78 Å². The highest BCUT2D eigenvalue weighted by molar-refractivity contribution is 5.85. The zero-order valence-corrected chi connectivity index (χ0v) is 12.3. The van der Waals surface area contributed by atoms with Crippen LogP contribution in [-0.4, -0.2) is 31.1 Å². The van der Waals surface area contributed by atoms with Crippen LogP contribution in [0.2, 0.25) is 0 Å². The third-order valence-corrected chi connectivity index (χ3v) is 4.17. The molecule has 2 nitrogen and oxygen atoms in total. The monoisotopic (exact) mass is 302 g/mol. The van der Waals surface area contributed by atoms with Crippen LogP contribution in [0.5, 0.6) is 0 Å². The Morgan fingerprint density at radius 3 is 2.45 bits per heavy atom. The van der Waals surface area contributed by atoms with Gasteiger partial charge in [-0.25, -0.2) is 8.78 Å². The van der Waals surface area contributed by atoms with E-state index in [4.69, 9.17) is 0 Å². The molecule has 1 aromatic rings. The Balaban J connectivity index is 0.00000147. The van der Waals surface area contributed by atoms with Gasteiger partial charge < -0.3 is 5.32 Å². The highest BCUT2D eigenvalue weighted by atomic mass is 35.5. The van der Waals surface area contributed by atoms with Gasteiger partial charge in [0.25, 0.3) is 0 Å². The Labute approximate surface area is 124 Å². The minimum Gasteiger partial charge on any atom is -0.314 e. The first-order valence-corrected chi connectivity index (χ1v) is 7.14. The Hall–Kier alpha value is -0.710. The van der Waals surface area contributed by atoms with Crippen molar-refractivity contribution in [2.45, 2.75) is 25.3 Å².